The first kappa shape index (κ1) is 30.5. The third-order valence-corrected chi connectivity index (χ3v) is 12.0. The smallest absolute Gasteiger partial charge is 0.227 e. The molecule has 14 heteroatoms. The summed E-state index contributed by atoms with van der Waals surface area (Å²) >= 11 is 8.54. The average Bonchev–Trinajstić information content (AvgIpc) is 3.62. The van der Waals surface area contributed by atoms with Crippen LogP contribution in [0.1, 0.15) is 36.0 Å². The molecule has 1 fully saturated rings. The molecule has 0 spiro atoms. The second kappa shape index (κ2) is 12.9. The summed E-state index contributed by atoms with van der Waals surface area (Å²) in [5, 5.41) is 4.22. The van der Waals surface area contributed by atoms with Gasteiger partial charge in [0.15, 0.2) is 14.3 Å². The lowest BCUT2D eigenvalue weighted by atomic mass is 10.1. The molecule has 0 aliphatic carbocycles. The van der Waals surface area contributed by atoms with Gasteiger partial charge in [-0.2, -0.15) is 0 Å². The zero-order chi connectivity index (χ0) is 30.8. The predicted octanol–water partition coefficient (Wildman–Crippen LogP) is 6.76. The monoisotopic (exact) mass is 667 g/mol. The number of sulfone groups is 1. The van der Waals surface area contributed by atoms with Crippen molar-refractivity contribution in [3.8, 4) is 21.8 Å². The number of halogens is 1. The van der Waals surface area contributed by atoms with E-state index in [1.807, 2.05) is 36.4 Å². The van der Waals surface area contributed by atoms with E-state index in [4.69, 9.17) is 26.3 Å². The largest absolute Gasteiger partial charge is 0.378 e. The number of anilines is 3. The Hall–Kier alpha value is -3.49. The Kier molecular flexibility index (Phi) is 8.92. The van der Waals surface area contributed by atoms with Crippen molar-refractivity contribution >= 4 is 61.6 Å². The van der Waals surface area contributed by atoms with Crippen molar-refractivity contribution in [2.45, 2.75) is 36.7 Å². The first-order chi connectivity index (χ1) is 21.2. The lowest BCUT2D eigenvalue weighted by Crippen LogP contribution is -2.36. The molecule has 0 bridgehead atoms. The SMILES string of the molecule is Cc1nc(Cl)sc1S(=O)(=O)Cc1cccc(-c2nc(C(C)C)sc2-c2ccnc(Nc3ccc(N4CCOCC4)nc3)n2)c1. The van der Waals surface area contributed by atoms with Crippen LogP contribution in [0.15, 0.2) is 59.1 Å². The van der Waals surface area contributed by atoms with E-state index >= 15 is 0 Å². The highest BCUT2D eigenvalue weighted by molar-refractivity contribution is 7.92. The predicted molar refractivity (Wildman–Crippen MR) is 176 cm³/mol. The first-order valence-electron chi connectivity index (χ1n) is 14.0. The Morgan fingerprint density at radius 2 is 1.86 bits per heavy atom. The maximum Gasteiger partial charge on any atom is 0.227 e. The zero-order valence-corrected chi connectivity index (χ0v) is 27.5. The average molecular weight is 668 g/mol. The van der Waals surface area contributed by atoms with Crippen LogP contribution >= 0.6 is 34.3 Å². The minimum absolute atomic E-state index is 0.170. The summed E-state index contributed by atoms with van der Waals surface area (Å²) in [6.45, 7) is 8.89. The van der Waals surface area contributed by atoms with Crippen LogP contribution in [-0.2, 0) is 20.3 Å². The van der Waals surface area contributed by atoms with Crippen LogP contribution in [0.3, 0.4) is 0 Å². The number of nitrogens with zero attached hydrogens (tertiary/aromatic N) is 6. The first-order valence-corrected chi connectivity index (χ1v) is 17.7. The summed E-state index contributed by atoms with van der Waals surface area (Å²) in [7, 11) is -3.63. The number of pyridine rings is 1. The summed E-state index contributed by atoms with van der Waals surface area (Å²) in [6, 6.07) is 13.3. The van der Waals surface area contributed by atoms with Gasteiger partial charge < -0.3 is 15.0 Å². The molecule has 1 aliphatic heterocycles. The van der Waals surface area contributed by atoms with Gasteiger partial charge in [-0.3, -0.25) is 0 Å². The summed E-state index contributed by atoms with van der Waals surface area (Å²) in [4.78, 5) is 26.0. The fraction of sp³-hybridized carbons (Fsp3) is 0.300. The Labute approximate surface area is 269 Å². The molecule has 0 saturated carbocycles. The van der Waals surface area contributed by atoms with Crippen molar-refractivity contribution in [2.75, 3.05) is 36.5 Å². The minimum Gasteiger partial charge on any atom is -0.378 e. The molecule has 10 nitrogen and oxygen atoms in total. The molecule has 0 atom stereocenters. The number of hydrogen-bond acceptors (Lipinski definition) is 12. The molecule has 5 heterocycles. The van der Waals surface area contributed by atoms with E-state index in [1.165, 1.54) is 0 Å². The molecule has 0 radical (unpaired) electrons. The molecule has 0 unspecified atom stereocenters. The Balaban J connectivity index is 1.28. The van der Waals surface area contributed by atoms with E-state index in [2.05, 4.69) is 39.0 Å². The molecule has 4 aromatic heterocycles. The van der Waals surface area contributed by atoms with Gasteiger partial charge in [0.1, 0.15) is 10.0 Å². The maximum absolute atomic E-state index is 13.2. The van der Waals surface area contributed by atoms with Crippen LogP contribution in [0.2, 0.25) is 4.47 Å². The van der Waals surface area contributed by atoms with Crippen LogP contribution in [0, 0.1) is 6.92 Å². The topological polar surface area (TPSA) is 123 Å². The van der Waals surface area contributed by atoms with Crippen molar-refractivity contribution < 1.29 is 13.2 Å². The van der Waals surface area contributed by atoms with Crippen LogP contribution in [0.4, 0.5) is 17.5 Å². The van der Waals surface area contributed by atoms with Crippen molar-refractivity contribution in [3.63, 3.8) is 0 Å². The molecule has 1 saturated heterocycles. The number of aryl methyl sites for hydroxylation is 1. The Bertz CT molecular complexity index is 1890. The van der Waals surface area contributed by atoms with Gasteiger partial charge in [0.05, 0.1) is 57.8 Å². The van der Waals surface area contributed by atoms with E-state index in [9.17, 15) is 8.42 Å². The van der Waals surface area contributed by atoms with E-state index in [0.717, 1.165) is 57.1 Å². The molecule has 1 N–H and O–H groups in total. The quantitative estimate of drug-likeness (QED) is 0.180. The van der Waals surface area contributed by atoms with Crippen molar-refractivity contribution in [1.29, 1.82) is 0 Å². The number of aromatic nitrogens is 5. The van der Waals surface area contributed by atoms with Crippen molar-refractivity contribution in [3.05, 3.63) is 75.6 Å². The highest BCUT2D eigenvalue weighted by Crippen LogP contribution is 2.39. The number of nitrogens with one attached hydrogen (secondary N) is 1. The highest BCUT2D eigenvalue weighted by Gasteiger charge is 2.24. The number of ether oxygens (including phenoxy) is 1. The number of rotatable bonds is 9. The van der Waals surface area contributed by atoms with E-state index in [0.29, 0.717) is 36.1 Å². The van der Waals surface area contributed by atoms with Crippen molar-refractivity contribution in [2.24, 2.45) is 0 Å². The molecule has 44 heavy (non-hydrogen) atoms. The standard InChI is InChI=1S/C30H30ClN7O3S3/c1-18(2)27-37-25(21-6-4-5-20(15-21)17-44(39,40)28-19(3)34-29(31)43-28)26(42-27)23-9-10-32-30(36-23)35-22-7-8-24(33-16-22)38-11-13-41-14-12-38/h4-10,15-16,18H,11-14,17H2,1-3H3,(H,32,35,36). The number of morpholine rings is 1. The van der Waals surface area contributed by atoms with Crippen LogP contribution < -0.4 is 10.2 Å². The van der Waals surface area contributed by atoms with Gasteiger partial charge in [-0.1, -0.05) is 55.0 Å². The van der Waals surface area contributed by atoms with Gasteiger partial charge in [-0.05, 0) is 36.8 Å². The lowest BCUT2D eigenvalue weighted by Gasteiger charge is -2.27. The molecule has 1 aromatic carbocycles. The molecule has 5 aromatic rings. The molecule has 228 valence electrons. The van der Waals surface area contributed by atoms with Crippen LogP contribution in [0.25, 0.3) is 21.8 Å². The van der Waals surface area contributed by atoms with Gasteiger partial charge in [-0.25, -0.2) is 33.3 Å². The fourth-order valence-corrected chi connectivity index (χ4v) is 9.05. The van der Waals surface area contributed by atoms with E-state index in [1.54, 1.807) is 36.7 Å². The molecule has 1 aliphatic rings. The second-order valence-corrected chi connectivity index (χ2v) is 15.4. The van der Waals surface area contributed by atoms with Crippen molar-refractivity contribution in [1.82, 2.24) is 24.9 Å². The molecular formula is C30H30ClN7O3S3. The third kappa shape index (κ3) is 6.76. The Morgan fingerprint density at radius 1 is 1.05 bits per heavy atom. The normalized spacial score (nSPS) is 13.9. The fourth-order valence-electron chi connectivity index (χ4n) is 4.80. The summed E-state index contributed by atoms with van der Waals surface area (Å²) in [5.74, 6) is 1.37. The van der Waals surface area contributed by atoms with Gasteiger partial charge in [0, 0.05) is 30.8 Å². The van der Waals surface area contributed by atoms with E-state index in [-0.39, 0.29) is 20.3 Å². The van der Waals surface area contributed by atoms with Gasteiger partial charge in [-0.15, -0.1) is 11.3 Å². The van der Waals surface area contributed by atoms with Crippen LogP contribution in [0.5, 0.6) is 0 Å². The lowest BCUT2D eigenvalue weighted by molar-refractivity contribution is 0.122. The molecule has 6 rings (SSSR count). The number of thiazole rings is 2. The van der Waals surface area contributed by atoms with Gasteiger partial charge in [0.25, 0.3) is 0 Å². The molecular weight excluding hydrogens is 638 g/mol. The van der Waals surface area contributed by atoms with Gasteiger partial charge >= 0.3 is 0 Å². The van der Waals surface area contributed by atoms with Gasteiger partial charge in [0.2, 0.25) is 5.95 Å². The maximum atomic E-state index is 13.2. The number of benzene rings is 1. The zero-order valence-electron chi connectivity index (χ0n) is 24.3. The third-order valence-electron chi connectivity index (χ3n) is 6.93. The Morgan fingerprint density at radius 3 is 2.57 bits per heavy atom. The van der Waals surface area contributed by atoms with Crippen LogP contribution in [-0.4, -0.2) is 59.6 Å². The summed E-state index contributed by atoms with van der Waals surface area (Å²) in [5.41, 5.74) is 4.11. The highest BCUT2D eigenvalue weighted by atomic mass is 35.5. The number of hydrogen-bond donors (Lipinski definition) is 1. The van der Waals surface area contributed by atoms with E-state index < -0.39 is 9.84 Å². The summed E-state index contributed by atoms with van der Waals surface area (Å²) in [6.07, 6.45) is 3.49. The summed E-state index contributed by atoms with van der Waals surface area (Å²) < 4.78 is 32.3. The molecule has 0 amide bonds. The second-order valence-electron chi connectivity index (χ2n) is 10.6. The minimum atomic E-state index is -3.63.